The molecule has 0 radical (unpaired) electrons. The van der Waals surface area contributed by atoms with Crippen molar-refractivity contribution in [1.82, 2.24) is 20.1 Å². The molecule has 3 rings (SSSR count). The van der Waals surface area contributed by atoms with Crippen molar-refractivity contribution in [2.24, 2.45) is 0 Å². The SMILES string of the molecule is C=CCCn1cc(C)c2ccc(C(C)N(C(=C)C(CNCC)NC)C3CC3)cc21.CC. The molecule has 1 aliphatic rings. The lowest BCUT2D eigenvalue weighted by atomic mass is 10.0. The molecule has 4 heteroatoms. The van der Waals surface area contributed by atoms with Gasteiger partial charge in [0.25, 0.3) is 0 Å². The maximum atomic E-state index is 4.52. The Morgan fingerprint density at radius 1 is 1.32 bits per heavy atom. The smallest absolute Gasteiger partial charge is 0.0589 e. The van der Waals surface area contributed by atoms with E-state index in [4.69, 9.17) is 0 Å². The van der Waals surface area contributed by atoms with Crippen LogP contribution in [-0.4, -0.2) is 41.7 Å². The zero-order chi connectivity index (χ0) is 23.0. The number of benzene rings is 1. The van der Waals surface area contributed by atoms with Gasteiger partial charge in [-0.3, -0.25) is 0 Å². The first-order valence-corrected chi connectivity index (χ1v) is 12.1. The molecule has 0 bridgehead atoms. The molecular formula is C27H44N4. The lowest BCUT2D eigenvalue weighted by Gasteiger charge is -2.37. The van der Waals surface area contributed by atoms with Crippen molar-refractivity contribution in [1.29, 1.82) is 0 Å². The predicted octanol–water partition coefficient (Wildman–Crippen LogP) is 5.79. The molecule has 1 aliphatic carbocycles. The summed E-state index contributed by atoms with van der Waals surface area (Å²) in [5, 5.41) is 8.27. The van der Waals surface area contributed by atoms with Crippen LogP contribution < -0.4 is 10.6 Å². The summed E-state index contributed by atoms with van der Waals surface area (Å²) in [4.78, 5) is 2.56. The Kier molecular flexibility index (Phi) is 9.86. The first-order valence-electron chi connectivity index (χ1n) is 12.1. The Balaban J connectivity index is 0.00000166. The highest BCUT2D eigenvalue weighted by Crippen LogP contribution is 2.38. The summed E-state index contributed by atoms with van der Waals surface area (Å²) in [6, 6.07) is 8.15. The van der Waals surface area contributed by atoms with Crippen LogP contribution in [0.1, 0.15) is 64.1 Å². The normalized spacial score (nSPS) is 15.2. The van der Waals surface area contributed by atoms with Gasteiger partial charge in [-0.25, -0.2) is 0 Å². The van der Waals surface area contributed by atoms with Gasteiger partial charge in [-0.15, -0.1) is 6.58 Å². The Morgan fingerprint density at radius 3 is 2.61 bits per heavy atom. The maximum Gasteiger partial charge on any atom is 0.0589 e. The lowest BCUT2D eigenvalue weighted by molar-refractivity contribution is 0.238. The van der Waals surface area contributed by atoms with E-state index < -0.39 is 0 Å². The summed E-state index contributed by atoms with van der Waals surface area (Å²) in [7, 11) is 2.03. The van der Waals surface area contributed by atoms with Crippen molar-refractivity contribution >= 4 is 10.9 Å². The zero-order valence-electron chi connectivity index (χ0n) is 20.7. The van der Waals surface area contributed by atoms with Gasteiger partial charge in [0, 0.05) is 41.9 Å². The minimum atomic E-state index is 0.250. The summed E-state index contributed by atoms with van der Waals surface area (Å²) in [5.74, 6) is 0. The minimum absolute atomic E-state index is 0.250. The number of likely N-dealkylation sites (N-methyl/N-ethyl adjacent to an activating group) is 2. The van der Waals surface area contributed by atoms with Crippen molar-refractivity contribution in [3.05, 3.63) is 60.5 Å². The van der Waals surface area contributed by atoms with Crippen molar-refractivity contribution in [3.63, 3.8) is 0 Å². The molecule has 2 aromatic rings. The predicted molar refractivity (Wildman–Crippen MR) is 137 cm³/mol. The van der Waals surface area contributed by atoms with Crippen molar-refractivity contribution < 1.29 is 0 Å². The van der Waals surface area contributed by atoms with E-state index in [0.717, 1.165) is 26.1 Å². The molecule has 1 heterocycles. The van der Waals surface area contributed by atoms with Gasteiger partial charge in [-0.1, -0.05) is 45.6 Å². The summed E-state index contributed by atoms with van der Waals surface area (Å²) < 4.78 is 2.38. The van der Waals surface area contributed by atoms with Crippen LogP contribution >= 0.6 is 0 Å². The average Bonchev–Trinajstić information content (AvgIpc) is 3.57. The largest absolute Gasteiger partial charge is 0.364 e. The van der Waals surface area contributed by atoms with E-state index in [0.29, 0.717) is 12.1 Å². The van der Waals surface area contributed by atoms with E-state index >= 15 is 0 Å². The number of fused-ring (bicyclic) bond motifs is 1. The third-order valence-corrected chi connectivity index (χ3v) is 6.20. The zero-order valence-corrected chi connectivity index (χ0v) is 20.7. The van der Waals surface area contributed by atoms with E-state index in [1.54, 1.807) is 0 Å². The van der Waals surface area contributed by atoms with Crippen molar-refractivity contribution in [2.45, 2.75) is 78.6 Å². The molecule has 0 aliphatic heterocycles. The number of nitrogens with one attached hydrogen (secondary N) is 2. The second-order valence-corrected chi connectivity index (χ2v) is 8.31. The van der Waals surface area contributed by atoms with Crippen LogP contribution in [0.2, 0.25) is 0 Å². The average molecular weight is 425 g/mol. The molecule has 172 valence electrons. The number of rotatable bonds is 12. The molecule has 4 nitrogen and oxygen atoms in total. The van der Waals surface area contributed by atoms with Crippen LogP contribution in [0.15, 0.2) is 49.3 Å². The number of hydrogen-bond donors (Lipinski definition) is 2. The standard InChI is InChI=1S/C25H38N4.C2H6/c1-7-9-14-28-17-18(3)23-13-10-21(15-25(23)28)19(4)29(22-11-12-22)20(5)24(26-6)16-27-8-2;1-2/h7,10,13,15,17,19,22,24,26-27H,1,5,8-9,11-12,14,16H2,2-4,6H3;1-2H3. The second kappa shape index (κ2) is 12.1. The van der Waals surface area contributed by atoms with E-state index in [2.05, 4.69) is 78.4 Å². The number of aromatic nitrogens is 1. The number of nitrogens with zero attached hydrogens (tertiary/aromatic N) is 2. The molecule has 2 N–H and O–H groups in total. The van der Waals surface area contributed by atoms with Crippen LogP contribution in [0.3, 0.4) is 0 Å². The minimum Gasteiger partial charge on any atom is -0.364 e. The quantitative estimate of drug-likeness (QED) is 0.423. The topological polar surface area (TPSA) is 32.2 Å². The van der Waals surface area contributed by atoms with E-state index in [1.807, 2.05) is 27.0 Å². The first kappa shape index (κ1) is 25.2. The Morgan fingerprint density at radius 2 is 2.03 bits per heavy atom. The highest BCUT2D eigenvalue weighted by Gasteiger charge is 2.35. The highest BCUT2D eigenvalue weighted by atomic mass is 15.2. The molecule has 0 amide bonds. The van der Waals surface area contributed by atoms with E-state index in [9.17, 15) is 0 Å². The molecule has 1 aromatic carbocycles. The van der Waals surface area contributed by atoms with Gasteiger partial charge in [0.1, 0.15) is 0 Å². The molecule has 1 saturated carbocycles. The Bertz CT molecular complexity index is 846. The van der Waals surface area contributed by atoms with Gasteiger partial charge in [0.15, 0.2) is 0 Å². The van der Waals surface area contributed by atoms with Gasteiger partial charge >= 0.3 is 0 Å². The van der Waals surface area contributed by atoms with Crippen LogP contribution in [-0.2, 0) is 6.54 Å². The maximum absolute atomic E-state index is 4.52. The fraction of sp³-hybridized carbons (Fsp3) is 0.556. The molecule has 1 aromatic heterocycles. The summed E-state index contributed by atoms with van der Waals surface area (Å²) in [6.07, 6.45) is 7.78. The fourth-order valence-electron chi connectivity index (χ4n) is 4.34. The monoisotopic (exact) mass is 424 g/mol. The highest BCUT2D eigenvalue weighted by molar-refractivity contribution is 5.84. The van der Waals surface area contributed by atoms with Gasteiger partial charge in [0.05, 0.1) is 12.1 Å². The second-order valence-electron chi connectivity index (χ2n) is 8.31. The molecule has 0 spiro atoms. The molecule has 2 atom stereocenters. The van der Waals surface area contributed by atoms with Gasteiger partial charge < -0.3 is 20.1 Å². The lowest BCUT2D eigenvalue weighted by Crippen LogP contribution is -2.44. The molecular weight excluding hydrogens is 380 g/mol. The number of aryl methyl sites for hydroxylation is 2. The van der Waals surface area contributed by atoms with Crippen LogP contribution in [0, 0.1) is 6.92 Å². The van der Waals surface area contributed by atoms with Crippen molar-refractivity contribution in [3.8, 4) is 0 Å². The molecule has 2 unspecified atom stereocenters. The Hall–Kier alpha value is -2.04. The summed E-state index contributed by atoms with van der Waals surface area (Å²) in [6.45, 7) is 21.9. The van der Waals surface area contributed by atoms with Crippen LogP contribution in [0.4, 0.5) is 0 Å². The summed E-state index contributed by atoms with van der Waals surface area (Å²) >= 11 is 0. The van der Waals surface area contributed by atoms with Gasteiger partial charge in [-0.2, -0.15) is 0 Å². The van der Waals surface area contributed by atoms with E-state index in [1.165, 1.54) is 40.6 Å². The third kappa shape index (κ3) is 6.02. The van der Waals surface area contributed by atoms with Crippen LogP contribution in [0.25, 0.3) is 10.9 Å². The van der Waals surface area contributed by atoms with E-state index in [-0.39, 0.29) is 6.04 Å². The summed E-state index contributed by atoms with van der Waals surface area (Å²) in [5.41, 5.74) is 5.23. The fourth-order valence-corrected chi connectivity index (χ4v) is 4.34. The molecule has 1 fully saturated rings. The van der Waals surface area contributed by atoms with Gasteiger partial charge in [-0.05, 0) is 63.9 Å². The molecule has 0 saturated heterocycles. The van der Waals surface area contributed by atoms with Crippen LogP contribution in [0.5, 0.6) is 0 Å². The molecule has 31 heavy (non-hydrogen) atoms. The Labute approximate surface area is 190 Å². The first-order chi connectivity index (χ1) is 15.0. The van der Waals surface area contributed by atoms with Crippen molar-refractivity contribution in [2.75, 3.05) is 20.1 Å². The van der Waals surface area contributed by atoms with Gasteiger partial charge in [0.2, 0.25) is 0 Å². The number of allylic oxidation sites excluding steroid dienone is 1. The third-order valence-electron chi connectivity index (χ3n) is 6.20. The number of hydrogen-bond acceptors (Lipinski definition) is 3.